The summed E-state index contributed by atoms with van der Waals surface area (Å²) in [7, 11) is 2.91. The van der Waals surface area contributed by atoms with E-state index in [9.17, 15) is 4.79 Å². The molecule has 5 heteroatoms. The van der Waals surface area contributed by atoms with Gasteiger partial charge in [0.1, 0.15) is 17.3 Å². The second-order valence-electron chi connectivity index (χ2n) is 4.13. The first-order valence-corrected chi connectivity index (χ1v) is 6.13. The van der Waals surface area contributed by atoms with Crippen LogP contribution in [-0.4, -0.2) is 20.2 Å². The van der Waals surface area contributed by atoms with Crippen LogP contribution in [-0.2, 0) is 4.74 Å². The quantitative estimate of drug-likeness (QED) is 0.785. The van der Waals surface area contributed by atoms with Crippen molar-refractivity contribution in [1.82, 2.24) is 0 Å². The fraction of sp³-hybridized carbons (Fsp3) is 0.267. The van der Waals surface area contributed by atoms with Gasteiger partial charge in [0.25, 0.3) is 0 Å². The van der Waals surface area contributed by atoms with Crippen molar-refractivity contribution in [2.45, 2.75) is 13.0 Å². The third-order valence-corrected chi connectivity index (χ3v) is 2.79. The molecule has 0 radical (unpaired) electrons. The molecular weight excluding hydrogens is 260 g/mol. The van der Waals surface area contributed by atoms with E-state index >= 15 is 0 Å². The maximum absolute atomic E-state index is 11.3. The molecule has 0 amide bonds. The predicted octanol–water partition coefficient (Wildman–Crippen LogP) is 3.21. The summed E-state index contributed by atoms with van der Waals surface area (Å²) in [6.07, 6.45) is -0.318. The minimum absolute atomic E-state index is 0.160. The number of benzene rings is 1. The molecule has 0 saturated carbocycles. The molecule has 1 unspecified atom stereocenters. The van der Waals surface area contributed by atoms with Gasteiger partial charge >= 0.3 is 5.97 Å². The molecule has 2 rings (SSSR count). The van der Waals surface area contributed by atoms with E-state index in [4.69, 9.17) is 13.9 Å². The molecule has 0 aliphatic carbocycles. The molecule has 0 aliphatic heterocycles. The largest absolute Gasteiger partial charge is 0.497 e. The SMILES string of the molecule is COC(=O)c1ccc(C(C)Oc2ccc(OC)cc2)o1. The molecule has 0 aliphatic rings. The monoisotopic (exact) mass is 276 g/mol. The zero-order valence-electron chi connectivity index (χ0n) is 11.6. The number of hydrogen-bond donors (Lipinski definition) is 0. The molecule has 0 spiro atoms. The van der Waals surface area contributed by atoms with Crippen LogP contribution in [0.25, 0.3) is 0 Å². The van der Waals surface area contributed by atoms with Crippen LogP contribution in [0.1, 0.15) is 29.3 Å². The number of hydrogen-bond acceptors (Lipinski definition) is 5. The van der Waals surface area contributed by atoms with Crippen LogP contribution in [0.5, 0.6) is 11.5 Å². The van der Waals surface area contributed by atoms with Crippen molar-refractivity contribution in [2.24, 2.45) is 0 Å². The average Bonchev–Trinajstić information content (AvgIpc) is 2.97. The summed E-state index contributed by atoms with van der Waals surface area (Å²) in [5.41, 5.74) is 0. The van der Waals surface area contributed by atoms with Crippen molar-refractivity contribution in [3.05, 3.63) is 47.9 Å². The van der Waals surface area contributed by atoms with Crippen molar-refractivity contribution in [3.63, 3.8) is 0 Å². The average molecular weight is 276 g/mol. The van der Waals surface area contributed by atoms with Gasteiger partial charge in [-0.3, -0.25) is 0 Å². The lowest BCUT2D eigenvalue weighted by atomic mass is 10.3. The molecule has 106 valence electrons. The van der Waals surface area contributed by atoms with E-state index in [1.165, 1.54) is 7.11 Å². The van der Waals surface area contributed by atoms with Gasteiger partial charge < -0.3 is 18.6 Å². The minimum atomic E-state index is -0.507. The van der Waals surface area contributed by atoms with E-state index < -0.39 is 5.97 Å². The molecule has 20 heavy (non-hydrogen) atoms. The summed E-state index contributed by atoms with van der Waals surface area (Å²) in [6, 6.07) is 10.5. The van der Waals surface area contributed by atoms with Gasteiger partial charge in [-0.15, -0.1) is 0 Å². The highest BCUT2D eigenvalue weighted by Crippen LogP contribution is 2.25. The summed E-state index contributed by atoms with van der Waals surface area (Å²) in [5.74, 6) is 1.66. The van der Waals surface area contributed by atoms with E-state index in [1.54, 1.807) is 31.4 Å². The van der Waals surface area contributed by atoms with E-state index in [2.05, 4.69) is 4.74 Å². The van der Waals surface area contributed by atoms with Crippen LogP contribution < -0.4 is 9.47 Å². The Labute approximate surface area is 117 Å². The standard InChI is InChI=1S/C15H16O5/c1-10(13-8-9-14(20-13)15(16)18-3)19-12-6-4-11(17-2)5-7-12/h4-10H,1-3H3. The first-order valence-electron chi connectivity index (χ1n) is 6.13. The topological polar surface area (TPSA) is 57.9 Å². The van der Waals surface area contributed by atoms with Crippen LogP contribution in [0.2, 0.25) is 0 Å². The summed E-state index contributed by atoms with van der Waals surface area (Å²) in [6.45, 7) is 1.84. The Balaban J connectivity index is 2.05. The number of esters is 1. The van der Waals surface area contributed by atoms with Crippen molar-refractivity contribution in [2.75, 3.05) is 14.2 Å². The molecule has 1 aromatic carbocycles. The van der Waals surface area contributed by atoms with Crippen LogP contribution >= 0.6 is 0 Å². The number of carbonyl (C=O) groups excluding carboxylic acids is 1. The second kappa shape index (κ2) is 6.14. The minimum Gasteiger partial charge on any atom is -0.497 e. The third-order valence-electron chi connectivity index (χ3n) is 2.79. The maximum atomic E-state index is 11.3. The molecule has 0 saturated heterocycles. The normalized spacial score (nSPS) is 11.8. The number of ether oxygens (including phenoxy) is 3. The molecule has 1 atom stereocenters. The number of rotatable bonds is 5. The van der Waals surface area contributed by atoms with Crippen molar-refractivity contribution < 1.29 is 23.4 Å². The van der Waals surface area contributed by atoms with Crippen molar-refractivity contribution in [3.8, 4) is 11.5 Å². The predicted molar refractivity (Wildman–Crippen MR) is 72.1 cm³/mol. The number of carbonyl (C=O) groups is 1. The lowest BCUT2D eigenvalue weighted by molar-refractivity contribution is 0.0558. The van der Waals surface area contributed by atoms with Gasteiger partial charge in [0.05, 0.1) is 14.2 Å². The molecule has 5 nitrogen and oxygen atoms in total. The van der Waals surface area contributed by atoms with Gasteiger partial charge in [0, 0.05) is 0 Å². The van der Waals surface area contributed by atoms with Crippen LogP contribution in [0.15, 0.2) is 40.8 Å². The zero-order valence-corrected chi connectivity index (χ0v) is 11.6. The summed E-state index contributed by atoms with van der Waals surface area (Å²) in [4.78, 5) is 11.3. The van der Waals surface area contributed by atoms with Crippen molar-refractivity contribution in [1.29, 1.82) is 0 Å². The first-order chi connectivity index (χ1) is 9.63. The summed E-state index contributed by atoms with van der Waals surface area (Å²) < 4.78 is 20.8. The Morgan fingerprint density at radius 2 is 1.70 bits per heavy atom. The Morgan fingerprint density at radius 3 is 2.30 bits per heavy atom. The maximum Gasteiger partial charge on any atom is 0.373 e. The Hall–Kier alpha value is -2.43. The lowest BCUT2D eigenvalue weighted by Crippen LogP contribution is -2.02. The molecule has 2 aromatic rings. The van der Waals surface area contributed by atoms with Crippen LogP contribution in [0.4, 0.5) is 0 Å². The number of furan rings is 1. The molecular formula is C15H16O5. The summed E-state index contributed by atoms with van der Waals surface area (Å²) >= 11 is 0. The van der Waals surface area contributed by atoms with E-state index in [0.29, 0.717) is 11.5 Å². The first kappa shape index (κ1) is 14.0. The fourth-order valence-corrected chi connectivity index (χ4v) is 1.70. The Morgan fingerprint density at radius 1 is 1.05 bits per heavy atom. The van der Waals surface area contributed by atoms with Crippen LogP contribution in [0, 0.1) is 0 Å². The highest BCUT2D eigenvalue weighted by Gasteiger charge is 2.16. The van der Waals surface area contributed by atoms with Crippen LogP contribution in [0.3, 0.4) is 0 Å². The lowest BCUT2D eigenvalue weighted by Gasteiger charge is -2.12. The van der Waals surface area contributed by atoms with Gasteiger partial charge in [-0.2, -0.15) is 0 Å². The Bertz CT molecular complexity index is 570. The fourth-order valence-electron chi connectivity index (χ4n) is 1.70. The van der Waals surface area contributed by atoms with Gasteiger partial charge in [-0.05, 0) is 43.3 Å². The molecule has 1 aromatic heterocycles. The van der Waals surface area contributed by atoms with Gasteiger partial charge in [0.15, 0.2) is 6.10 Å². The van der Waals surface area contributed by atoms with E-state index in [0.717, 1.165) is 5.75 Å². The molecule has 0 N–H and O–H groups in total. The highest BCUT2D eigenvalue weighted by molar-refractivity contribution is 5.86. The number of methoxy groups -OCH3 is 2. The molecule has 0 bridgehead atoms. The molecule has 1 heterocycles. The zero-order chi connectivity index (χ0) is 14.5. The summed E-state index contributed by atoms with van der Waals surface area (Å²) in [5, 5.41) is 0. The van der Waals surface area contributed by atoms with Gasteiger partial charge in [-0.1, -0.05) is 0 Å². The second-order valence-corrected chi connectivity index (χ2v) is 4.13. The Kier molecular flexibility index (Phi) is 4.30. The van der Waals surface area contributed by atoms with E-state index in [-0.39, 0.29) is 11.9 Å². The van der Waals surface area contributed by atoms with Crippen molar-refractivity contribution >= 4 is 5.97 Å². The van der Waals surface area contributed by atoms with Gasteiger partial charge in [-0.25, -0.2) is 4.79 Å². The third kappa shape index (κ3) is 3.12. The smallest absolute Gasteiger partial charge is 0.373 e. The van der Waals surface area contributed by atoms with Gasteiger partial charge in [0.2, 0.25) is 5.76 Å². The molecule has 0 fully saturated rings. The highest BCUT2D eigenvalue weighted by atomic mass is 16.5. The van der Waals surface area contributed by atoms with E-state index in [1.807, 2.05) is 19.1 Å².